The summed E-state index contributed by atoms with van der Waals surface area (Å²) in [6.07, 6.45) is 1.64. The van der Waals surface area contributed by atoms with E-state index in [1.807, 2.05) is 6.07 Å². The second kappa shape index (κ2) is 8.02. The fraction of sp³-hybridized carbons (Fsp3) is 0.500. The van der Waals surface area contributed by atoms with Gasteiger partial charge in [0.1, 0.15) is 4.88 Å². The highest BCUT2D eigenvalue weighted by Crippen LogP contribution is 2.28. The second-order valence-corrected chi connectivity index (χ2v) is 5.83. The highest BCUT2D eigenvalue weighted by Gasteiger charge is 2.14. The van der Waals surface area contributed by atoms with Crippen LogP contribution in [-0.2, 0) is 4.74 Å². The number of ether oxygens (including phenoxy) is 1. The van der Waals surface area contributed by atoms with Crippen molar-refractivity contribution in [1.82, 2.24) is 10.2 Å². The molecule has 0 aromatic carbocycles. The zero-order valence-corrected chi connectivity index (χ0v) is 12.9. The number of carbonyl (C=O) groups is 1. The Morgan fingerprint density at radius 1 is 1.52 bits per heavy atom. The maximum atomic E-state index is 11.9. The molecule has 116 valence electrons. The van der Waals surface area contributed by atoms with Crippen LogP contribution < -0.4 is 16.4 Å². The van der Waals surface area contributed by atoms with Crippen molar-refractivity contribution in [3.8, 4) is 0 Å². The number of nitrogen functional groups attached to an aromatic ring is 1. The van der Waals surface area contributed by atoms with Crippen molar-refractivity contribution in [3.05, 3.63) is 23.6 Å². The van der Waals surface area contributed by atoms with Gasteiger partial charge in [-0.1, -0.05) is 6.08 Å². The molecule has 2 rings (SSSR count). The van der Waals surface area contributed by atoms with Crippen molar-refractivity contribution in [2.45, 2.75) is 0 Å². The minimum Gasteiger partial charge on any atom is -0.397 e. The molecule has 0 atom stereocenters. The highest BCUT2D eigenvalue weighted by molar-refractivity contribution is 7.18. The Morgan fingerprint density at radius 2 is 2.29 bits per heavy atom. The summed E-state index contributed by atoms with van der Waals surface area (Å²) in [5, 5.41) is 6.97. The molecule has 4 N–H and O–H groups in total. The molecule has 1 aliphatic rings. The summed E-state index contributed by atoms with van der Waals surface area (Å²) in [6.45, 7) is 9.36. The summed E-state index contributed by atoms with van der Waals surface area (Å²) in [6, 6.07) is 1.81. The van der Waals surface area contributed by atoms with Crippen molar-refractivity contribution < 1.29 is 9.53 Å². The third-order valence-electron chi connectivity index (χ3n) is 3.20. The quantitative estimate of drug-likeness (QED) is 0.655. The first-order chi connectivity index (χ1) is 10.2. The van der Waals surface area contributed by atoms with Gasteiger partial charge in [0.05, 0.1) is 23.9 Å². The average molecular weight is 310 g/mol. The molecule has 7 heteroatoms. The van der Waals surface area contributed by atoms with Gasteiger partial charge in [0.2, 0.25) is 0 Å². The third kappa shape index (κ3) is 4.73. The van der Waals surface area contributed by atoms with E-state index in [-0.39, 0.29) is 5.91 Å². The van der Waals surface area contributed by atoms with Crippen LogP contribution in [-0.4, -0.2) is 56.7 Å². The minimum absolute atomic E-state index is 0.154. The number of carbonyl (C=O) groups excluding carboxylic acids is 1. The topological polar surface area (TPSA) is 79.6 Å². The van der Waals surface area contributed by atoms with E-state index in [0.717, 1.165) is 44.4 Å². The van der Waals surface area contributed by atoms with Crippen LogP contribution >= 0.6 is 11.3 Å². The van der Waals surface area contributed by atoms with Gasteiger partial charge in [-0.2, -0.15) is 0 Å². The van der Waals surface area contributed by atoms with Crippen LogP contribution in [0.2, 0.25) is 0 Å². The molecule has 1 saturated heterocycles. The van der Waals surface area contributed by atoms with Gasteiger partial charge < -0.3 is 21.1 Å². The Bertz CT molecular complexity index is 483. The summed E-state index contributed by atoms with van der Waals surface area (Å²) in [5.41, 5.74) is 6.40. The first-order valence-electron chi connectivity index (χ1n) is 7.03. The molecular weight excluding hydrogens is 288 g/mol. The number of thiophene rings is 1. The molecule has 0 saturated carbocycles. The monoisotopic (exact) mass is 310 g/mol. The first kappa shape index (κ1) is 15.8. The van der Waals surface area contributed by atoms with Crippen LogP contribution in [0.25, 0.3) is 0 Å². The van der Waals surface area contributed by atoms with Gasteiger partial charge in [-0.15, -0.1) is 17.9 Å². The van der Waals surface area contributed by atoms with Crippen molar-refractivity contribution in [2.75, 3.05) is 57.0 Å². The summed E-state index contributed by atoms with van der Waals surface area (Å²) in [7, 11) is 0. The van der Waals surface area contributed by atoms with Gasteiger partial charge >= 0.3 is 0 Å². The molecule has 1 fully saturated rings. The van der Waals surface area contributed by atoms with Crippen LogP contribution in [0.1, 0.15) is 9.67 Å². The fourth-order valence-electron chi connectivity index (χ4n) is 2.08. The number of amides is 1. The van der Waals surface area contributed by atoms with E-state index in [2.05, 4.69) is 22.1 Å². The van der Waals surface area contributed by atoms with E-state index in [1.54, 1.807) is 6.08 Å². The maximum Gasteiger partial charge on any atom is 0.263 e. The van der Waals surface area contributed by atoms with Crippen molar-refractivity contribution in [2.24, 2.45) is 0 Å². The normalized spacial score (nSPS) is 15.6. The van der Waals surface area contributed by atoms with Crippen LogP contribution in [0.5, 0.6) is 0 Å². The third-order valence-corrected chi connectivity index (χ3v) is 4.31. The summed E-state index contributed by atoms with van der Waals surface area (Å²) in [5.74, 6) is -0.154. The fourth-order valence-corrected chi connectivity index (χ4v) is 3.00. The molecule has 0 aliphatic carbocycles. The van der Waals surface area contributed by atoms with E-state index in [4.69, 9.17) is 10.5 Å². The average Bonchev–Trinajstić information content (AvgIpc) is 2.87. The molecule has 0 bridgehead atoms. The summed E-state index contributed by atoms with van der Waals surface area (Å²) in [4.78, 5) is 14.8. The van der Waals surface area contributed by atoms with E-state index >= 15 is 0 Å². The molecule has 1 aromatic heterocycles. The molecule has 0 radical (unpaired) electrons. The molecule has 2 heterocycles. The molecule has 0 spiro atoms. The number of nitrogens with zero attached hydrogens (tertiary/aromatic N) is 1. The number of morpholine rings is 1. The smallest absolute Gasteiger partial charge is 0.263 e. The lowest BCUT2D eigenvalue weighted by molar-refractivity contribution is 0.0398. The number of hydrogen-bond acceptors (Lipinski definition) is 6. The lowest BCUT2D eigenvalue weighted by Gasteiger charge is -2.26. The van der Waals surface area contributed by atoms with Gasteiger partial charge in [-0.25, -0.2) is 0 Å². The van der Waals surface area contributed by atoms with Crippen molar-refractivity contribution in [1.29, 1.82) is 0 Å². The summed E-state index contributed by atoms with van der Waals surface area (Å²) < 4.78 is 5.31. The number of nitrogens with one attached hydrogen (secondary N) is 2. The predicted molar refractivity (Wildman–Crippen MR) is 87.0 cm³/mol. The van der Waals surface area contributed by atoms with E-state index in [1.165, 1.54) is 11.3 Å². The lowest BCUT2D eigenvalue weighted by Crippen LogP contribution is -2.38. The molecule has 1 aliphatic heterocycles. The highest BCUT2D eigenvalue weighted by atomic mass is 32.1. The first-order valence-corrected chi connectivity index (χ1v) is 7.84. The van der Waals surface area contributed by atoms with Crippen LogP contribution in [0.15, 0.2) is 18.7 Å². The van der Waals surface area contributed by atoms with Crippen molar-refractivity contribution >= 4 is 27.9 Å². The zero-order chi connectivity index (χ0) is 15.1. The number of rotatable bonds is 7. The van der Waals surface area contributed by atoms with E-state index < -0.39 is 0 Å². The Morgan fingerprint density at radius 3 is 3.00 bits per heavy atom. The SMILES string of the molecule is C=CCNC(=O)c1sc(NCCN2CCOCC2)cc1N. The largest absolute Gasteiger partial charge is 0.397 e. The number of anilines is 2. The van der Waals surface area contributed by atoms with Gasteiger partial charge in [0.25, 0.3) is 5.91 Å². The maximum absolute atomic E-state index is 11.9. The Balaban J connectivity index is 1.80. The Kier molecular flexibility index (Phi) is 6.04. The summed E-state index contributed by atoms with van der Waals surface area (Å²) >= 11 is 1.38. The van der Waals surface area contributed by atoms with Gasteiger partial charge in [-0.05, 0) is 6.07 Å². The molecule has 6 nitrogen and oxygen atoms in total. The van der Waals surface area contributed by atoms with E-state index in [9.17, 15) is 4.79 Å². The Labute approximate surface area is 129 Å². The molecule has 0 unspecified atom stereocenters. The van der Waals surface area contributed by atoms with Crippen LogP contribution in [0, 0.1) is 0 Å². The predicted octanol–water partition coefficient (Wildman–Crippen LogP) is 0.990. The molecule has 21 heavy (non-hydrogen) atoms. The van der Waals surface area contributed by atoms with Gasteiger partial charge in [0.15, 0.2) is 0 Å². The second-order valence-electron chi connectivity index (χ2n) is 4.77. The number of hydrogen-bond donors (Lipinski definition) is 3. The molecule has 1 amide bonds. The zero-order valence-electron chi connectivity index (χ0n) is 12.1. The lowest BCUT2D eigenvalue weighted by atomic mass is 10.3. The van der Waals surface area contributed by atoms with Crippen LogP contribution in [0.3, 0.4) is 0 Å². The van der Waals surface area contributed by atoms with Gasteiger partial charge in [0, 0.05) is 32.7 Å². The van der Waals surface area contributed by atoms with E-state index in [0.29, 0.717) is 17.1 Å². The van der Waals surface area contributed by atoms with Crippen molar-refractivity contribution in [3.63, 3.8) is 0 Å². The minimum atomic E-state index is -0.154. The Hall–Kier alpha value is -1.57. The molecule has 1 aromatic rings. The molecular formula is C14H22N4O2S. The number of nitrogens with two attached hydrogens (primary N) is 1. The standard InChI is InChI=1S/C14H22N4O2S/c1-2-3-17-14(19)13-11(15)10-12(21-13)16-4-5-18-6-8-20-9-7-18/h2,10,16H,1,3-9,15H2,(H,17,19). The van der Waals surface area contributed by atoms with Crippen LogP contribution in [0.4, 0.5) is 10.7 Å². The van der Waals surface area contributed by atoms with Gasteiger partial charge in [-0.3, -0.25) is 9.69 Å².